The van der Waals surface area contributed by atoms with Crippen molar-refractivity contribution in [1.82, 2.24) is 0 Å². The molecule has 0 spiro atoms. The average molecular weight is 262 g/mol. The normalized spacial score (nSPS) is 14.8. The van der Waals surface area contributed by atoms with Crippen LogP contribution in [0, 0.1) is 5.92 Å². The third kappa shape index (κ3) is 6.16. The highest BCUT2D eigenvalue weighted by Crippen LogP contribution is 2.46. The molecule has 0 rings (SSSR count). The quantitative estimate of drug-likeness (QED) is 0.497. The molecular weight excluding hydrogens is 239 g/mol. The van der Waals surface area contributed by atoms with Crippen LogP contribution < -0.4 is 0 Å². The minimum absolute atomic E-state index is 0.0859. The number of hydrogen-bond acceptors (Lipinski definition) is 4. The Kier molecular flexibility index (Phi) is 7.60. The molecule has 100 valence electrons. The van der Waals surface area contributed by atoms with Gasteiger partial charge < -0.3 is 9.05 Å². The van der Waals surface area contributed by atoms with Crippen molar-refractivity contribution in [2.75, 3.05) is 20.4 Å². The van der Waals surface area contributed by atoms with Crippen LogP contribution in [0.1, 0.15) is 33.6 Å². The Labute approximate surface area is 104 Å². The lowest BCUT2D eigenvalue weighted by atomic mass is 10.0. The second-order valence-electron chi connectivity index (χ2n) is 4.14. The summed E-state index contributed by atoms with van der Waals surface area (Å²) in [5, 5.41) is 0. The lowest BCUT2D eigenvalue weighted by molar-refractivity contribution is -0.120. The zero-order valence-electron chi connectivity index (χ0n) is 11.4. The van der Waals surface area contributed by atoms with E-state index < -0.39 is 7.60 Å². The summed E-state index contributed by atoms with van der Waals surface area (Å²) in [5.74, 6) is -0.243. The van der Waals surface area contributed by atoms with Gasteiger partial charge in [0, 0.05) is 20.1 Å². The first-order valence-corrected chi connectivity index (χ1v) is 7.50. The summed E-state index contributed by atoms with van der Waals surface area (Å²) >= 11 is 0. The van der Waals surface area contributed by atoms with Crippen LogP contribution in [0.15, 0.2) is 11.6 Å². The molecule has 0 bridgehead atoms. The van der Waals surface area contributed by atoms with Gasteiger partial charge in [-0.1, -0.05) is 25.5 Å². The van der Waals surface area contributed by atoms with Gasteiger partial charge in [0.1, 0.15) is 11.9 Å². The monoisotopic (exact) mass is 262 g/mol. The molecule has 0 heterocycles. The molecule has 0 saturated heterocycles. The lowest BCUT2D eigenvalue weighted by Crippen LogP contribution is -2.16. The van der Waals surface area contributed by atoms with Crippen molar-refractivity contribution in [2.24, 2.45) is 5.92 Å². The molecule has 0 aromatic rings. The maximum atomic E-state index is 11.8. The summed E-state index contributed by atoms with van der Waals surface area (Å²) in [5.41, 5.74) is 1.26. The second-order valence-corrected chi connectivity index (χ2v) is 6.41. The summed E-state index contributed by atoms with van der Waals surface area (Å²) in [6, 6.07) is 0. The minimum atomic E-state index is -3.22. The molecule has 17 heavy (non-hydrogen) atoms. The van der Waals surface area contributed by atoms with E-state index in [0.29, 0.717) is 6.42 Å². The first kappa shape index (κ1) is 16.6. The molecule has 0 aliphatic carbocycles. The van der Waals surface area contributed by atoms with Crippen LogP contribution in [0.25, 0.3) is 0 Å². The number of rotatable bonds is 8. The van der Waals surface area contributed by atoms with Crippen molar-refractivity contribution in [3.05, 3.63) is 11.6 Å². The van der Waals surface area contributed by atoms with Gasteiger partial charge in [0.15, 0.2) is 0 Å². The van der Waals surface area contributed by atoms with E-state index in [0.717, 1.165) is 6.42 Å². The Bertz CT molecular complexity index is 314. The van der Waals surface area contributed by atoms with Crippen molar-refractivity contribution in [3.8, 4) is 0 Å². The van der Waals surface area contributed by atoms with Gasteiger partial charge in [-0.3, -0.25) is 9.36 Å². The number of allylic oxidation sites excluding steroid dienone is 2. The van der Waals surface area contributed by atoms with E-state index in [4.69, 9.17) is 9.05 Å². The summed E-state index contributed by atoms with van der Waals surface area (Å²) < 4.78 is 21.3. The van der Waals surface area contributed by atoms with E-state index in [2.05, 4.69) is 6.92 Å². The van der Waals surface area contributed by atoms with Gasteiger partial charge in [-0.05, 0) is 19.8 Å². The number of carbonyl (C=O) groups is 1. The van der Waals surface area contributed by atoms with Gasteiger partial charge in [0.25, 0.3) is 0 Å². The Hall–Kier alpha value is -0.440. The second kappa shape index (κ2) is 7.80. The number of hydrogen-bond donors (Lipinski definition) is 0. The van der Waals surface area contributed by atoms with Gasteiger partial charge >= 0.3 is 7.60 Å². The number of Topliss-reactive ketones (excluding diaryl/α,β-unsaturated/α-hetero) is 1. The van der Waals surface area contributed by atoms with Gasteiger partial charge in [0.05, 0.1) is 0 Å². The van der Waals surface area contributed by atoms with E-state index >= 15 is 0 Å². The average Bonchev–Trinajstić information content (AvgIpc) is 2.34. The predicted molar refractivity (Wildman–Crippen MR) is 69.3 cm³/mol. The fraction of sp³-hybridized carbons (Fsp3) is 0.750. The first-order chi connectivity index (χ1) is 7.88. The Morgan fingerprint density at radius 1 is 1.35 bits per heavy atom. The zero-order valence-corrected chi connectivity index (χ0v) is 12.3. The van der Waals surface area contributed by atoms with E-state index in [1.165, 1.54) is 19.8 Å². The maximum Gasteiger partial charge on any atom is 0.337 e. The minimum Gasteiger partial charge on any atom is -0.312 e. The van der Waals surface area contributed by atoms with Crippen LogP contribution in [0.2, 0.25) is 0 Å². The Morgan fingerprint density at radius 3 is 2.29 bits per heavy atom. The van der Waals surface area contributed by atoms with Crippen LogP contribution in [0.5, 0.6) is 0 Å². The summed E-state index contributed by atoms with van der Waals surface area (Å²) in [4.78, 5) is 11.8. The van der Waals surface area contributed by atoms with Crippen molar-refractivity contribution >= 4 is 13.4 Å². The molecule has 5 heteroatoms. The van der Waals surface area contributed by atoms with E-state index in [1.807, 2.05) is 19.9 Å². The summed E-state index contributed by atoms with van der Waals surface area (Å²) in [6.45, 7) is 5.94. The van der Waals surface area contributed by atoms with Crippen LogP contribution in [-0.4, -0.2) is 26.2 Å². The Balaban J connectivity index is 4.37. The molecule has 0 aromatic carbocycles. The highest BCUT2D eigenvalue weighted by molar-refractivity contribution is 7.54. The molecule has 0 aliphatic heterocycles. The molecule has 1 atom stereocenters. The van der Waals surface area contributed by atoms with Crippen LogP contribution in [-0.2, 0) is 18.4 Å². The molecular formula is C12H23O4P. The summed E-state index contributed by atoms with van der Waals surface area (Å²) in [6.07, 6.45) is 3.55. The molecule has 0 saturated carbocycles. The lowest BCUT2D eigenvalue weighted by Gasteiger charge is -2.15. The van der Waals surface area contributed by atoms with Gasteiger partial charge in [-0.25, -0.2) is 0 Å². The highest BCUT2D eigenvalue weighted by Gasteiger charge is 2.27. The van der Waals surface area contributed by atoms with Crippen molar-refractivity contribution in [2.45, 2.75) is 33.6 Å². The van der Waals surface area contributed by atoms with Crippen LogP contribution >= 0.6 is 7.60 Å². The molecule has 0 aliphatic rings. The zero-order chi connectivity index (χ0) is 13.5. The molecule has 0 fully saturated rings. The topological polar surface area (TPSA) is 52.6 Å². The molecule has 0 radical (unpaired) electrons. The molecule has 4 nitrogen and oxygen atoms in total. The SMILES string of the molecule is CC/C(C)=C/CC(C)C(=O)CP(=O)(OC)OC. The van der Waals surface area contributed by atoms with E-state index in [9.17, 15) is 9.36 Å². The highest BCUT2D eigenvalue weighted by atomic mass is 31.2. The van der Waals surface area contributed by atoms with Gasteiger partial charge in [-0.15, -0.1) is 0 Å². The number of carbonyl (C=O) groups excluding carboxylic acids is 1. The van der Waals surface area contributed by atoms with Gasteiger partial charge in [-0.2, -0.15) is 0 Å². The third-order valence-electron chi connectivity index (χ3n) is 2.83. The predicted octanol–water partition coefficient (Wildman–Crippen LogP) is 3.42. The Morgan fingerprint density at radius 2 is 1.88 bits per heavy atom. The van der Waals surface area contributed by atoms with E-state index in [-0.39, 0.29) is 17.9 Å². The fourth-order valence-corrected chi connectivity index (χ4v) is 2.30. The number of ketones is 1. The van der Waals surface area contributed by atoms with Crippen molar-refractivity contribution < 1.29 is 18.4 Å². The molecule has 1 unspecified atom stereocenters. The fourth-order valence-electron chi connectivity index (χ4n) is 1.20. The van der Waals surface area contributed by atoms with Crippen LogP contribution in [0.3, 0.4) is 0 Å². The van der Waals surface area contributed by atoms with Crippen molar-refractivity contribution in [1.29, 1.82) is 0 Å². The molecule has 0 aromatic heterocycles. The summed E-state index contributed by atoms with van der Waals surface area (Å²) in [7, 11) is -0.626. The molecule has 0 N–H and O–H groups in total. The van der Waals surface area contributed by atoms with Crippen LogP contribution in [0.4, 0.5) is 0 Å². The molecule has 0 amide bonds. The standard InChI is InChI=1S/C12H23O4P/c1-6-10(2)7-8-11(3)12(13)9-17(14,15-4)16-5/h7,11H,6,8-9H2,1-5H3/b10-7+. The third-order valence-corrected chi connectivity index (χ3v) is 4.64. The largest absolute Gasteiger partial charge is 0.337 e. The smallest absolute Gasteiger partial charge is 0.312 e. The van der Waals surface area contributed by atoms with Gasteiger partial charge in [0.2, 0.25) is 0 Å². The maximum absolute atomic E-state index is 11.8. The van der Waals surface area contributed by atoms with Crippen molar-refractivity contribution in [3.63, 3.8) is 0 Å². The first-order valence-electron chi connectivity index (χ1n) is 5.77. The van der Waals surface area contributed by atoms with E-state index in [1.54, 1.807) is 0 Å².